The Kier molecular flexibility index (Phi) is 8.34. The van der Waals surface area contributed by atoms with E-state index >= 15 is 0 Å². The van der Waals surface area contributed by atoms with Gasteiger partial charge in [-0.3, -0.25) is 9.78 Å². The summed E-state index contributed by atoms with van der Waals surface area (Å²) in [6, 6.07) is 7.85. The normalized spacial score (nSPS) is 16.5. The number of ether oxygens (including phenoxy) is 1. The van der Waals surface area contributed by atoms with Gasteiger partial charge in [0.1, 0.15) is 16.8 Å². The lowest BCUT2D eigenvalue weighted by Gasteiger charge is -2.25. The number of amides is 1. The summed E-state index contributed by atoms with van der Waals surface area (Å²) in [6.07, 6.45) is 6.82. The van der Waals surface area contributed by atoms with E-state index in [2.05, 4.69) is 26.5 Å². The van der Waals surface area contributed by atoms with Crippen molar-refractivity contribution in [2.75, 3.05) is 20.7 Å². The number of benzene rings is 1. The molecule has 10 heteroatoms. The number of methoxy groups -OCH3 is 1. The van der Waals surface area contributed by atoms with Gasteiger partial charge in [0.05, 0.1) is 30.7 Å². The Morgan fingerprint density at radius 2 is 2.16 bits per heavy atom. The predicted octanol–water partition coefficient (Wildman–Crippen LogP) is 2.96. The van der Waals surface area contributed by atoms with E-state index in [4.69, 9.17) is 20.1 Å². The van der Waals surface area contributed by atoms with Gasteiger partial charge < -0.3 is 24.9 Å². The van der Waals surface area contributed by atoms with Crippen molar-refractivity contribution in [3.63, 3.8) is 0 Å². The lowest BCUT2D eigenvalue weighted by Crippen LogP contribution is -2.38. The number of aromatic nitrogens is 3. The van der Waals surface area contributed by atoms with E-state index < -0.39 is 0 Å². The van der Waals surface area contributed by atoms with Crippen molar-refractivity contribution in [1.29, 1.82) is 5.41 Å². The van der Waals surface area contributed by atoms with Crippen molar-refractivity contribution >= 4 is 49.1 Å². The summed E-state index contributed by atoms with van der Waals surface area (Å²) < 4.78 is 7.59. The smallest absolute Gasteiger partial charge is 0.222 e. The SMILES string of the molecule is CCc1cc(OC)cc(/N=c2\ccc3ncc(/C(C=N)=C/NC)nc3n2CC2CCC(=O)N2CC)c1P. The third-order valence-electron chi connectivity index (χ3n) is 6.71. The van der Waals surface area contributed by atoms with Crippen LogP contribution in [0.5, 0.6) is 5.75 Å². The minimum absolute atomic E-state index is 0.0366. The van der Waals surface area contributed by atoms with Crippen LogP contribution in [0.1, 0.15) is 37.9 Å². The van der Waals surface area contributed by atoms with Gasteiger partial charge in [-0.25, -0.2) is 9.98 Å². The number of fused-ring (bicyclic) bond motifs is 1. The van der Waals surface area contributed by atoms with Crippen LogP contribution in [0.25, 0.3) is 16.7 Å². The van der Waals surface area contributed by atoms with E-state index in [1.54, 1.807) is 26.6 Å². The molecule has 194 valence electrons. The highest BCUT2D eigenvalue weighted by molar-refractivity contribution is 7.28. The quantitative estimate of drug-likeness (QED) is 0.334. The average Bonchev–Trinajstić information content (AvgIpc) is 3.27. The highest BCUT2D eigenvalue weighted by Gasteiger charge is 2.30. The molecule has 3 aromatic rings. The Morgan fingerprint density at radius 3 is 2.84 bits per heavy atom. The molecule has 1 amide bonds. The first kappa shape index (κ1) is 26.5. The molecule has 1 aliphatic rings. The van der Waals surface area contributed by atoms with Crippen LogP contribution in [-0.4, -0.2) is 58.3 Å². The van der Waals surface area contributed by atoms with Crippen molar-refractivity contribution in [3.8, 4) is 5.75 Å². The van der Waals surface area contributed by atoms with Gasteiger partial charge in [-0.15, -0.1) is 9.24 Å². The van der Waals surface area contributed by atoms with Crippen LogP contribution in [-0.2, 0) is 17.8 Å². The van der Waals surface area contributed by atoms with Gasteiger partial charge in [0, 0.05) is 50.6 Å². The summed E-state index contributed by atoms with van der Waals surface area (Å²) in [5, 5.41) is 11.8. The molecule has 3 heterocycles. The van der Waals surface area contributed by atoms with E-state index in [0.29, 0.717) is 41.9 Å². The molecular weight excluding hydrogens is 485 g/mol. The summed E-state index contributed by atoms with van der Waals surface area (Å²) in [6.45, 7) is 5.32. The Balaban J connectivity index is 1.98. The van der Waals surface area contributed by atoms with Crippen molar-refractivity contribution in [3.05, 3.63) is 53.4 Å². The zero-order valence-corrected chi connectivity index (χ0v) is 22.9. The standard InChI is InChI=1S/C27H34N7O2P/c1-5-17-11-20(36-4)12-22(26(17)37)31-24-9-8-21-27(32-23(15-30-21)18(13-28)14-29-3)34(24)16-19-7-10-25(35)33(19)6-2/h8-9,11-15,19,28-29H,5-7,10,16,37H2,1-4H3/b18-14+,28-13?,31-24+. The molecule has 1 saturated heterocycles. The van der Waals surface area contributed by atoms with Gasteiger partial charge >= 0.3 is 0 Å². The molecular formula is C27H34N7O2P. The summed E-state index contributed by atoms with van der Waals surface area (Å²) in [5.41, 5.74) is 5.22. The number of allylic oxidation sites excluding steroid dienone is 1. The molecule has 0 saturated carbocycles. The predicted molar refractivity (Wildman–Crippen MR) is 151 cm³/mol. The monoisotopic (exact) mass is 519 g/mol. The number of nitrogens with one attached hydrogen (secondary N) is 2. The Hall–Kier alpha value is -3.58. The number of rotatable bonds is 9. The van der Waals surface area contributed by atoms with Crippen molar-refractivity contribution < 1.29 is 9.53 Å². The number of aryl methyl sites for hydroxylation is 1. The first-order valence-electron chi connectivity index (χ1n) is 12.5. The van der Waals surface area contributed by atoms with Gasteiger partial charge in [0.15, 0.2) is 5.65 Å². The molecule has 37 heavy (non-hydrogen) atoms. The second kappa shape index (κ2) is 11.6. The maximum absolute atomic E-state index is 12.5. The molecule has 2 atom stereocenters. The number of likely N-dealkylation sites (tertiary alicyclic amines) is 1. The zero-order chi connectivity index (χ0) is 26.5. The molecule has 2 aromatic heterocycles. The first-order chi connectivity index (χ1) is 17.9. The first-order valence-corrected chi connectivity index (χ1v) is 13.1. The Labute approximate surface area is 219 Å². The van der Waals surface area contributed by atoms with E-state index in [9.17, 15) is 4.79 Å². The summed E-state index contributed by atoms with van der Waals surface area (Å²) in [4.78, 5) is 29.1. The number of hydrogen-bond acceptors (Lipinski definition) is 7. The van der Waals surface area contributed by atoms with E-state index in [1.807, 2.05) is 40.7 Å². The van der Waals surface area contributed by atoms with Crippen LogP contribution < -0.4 is 20.8 Å². The van der Waals surface area contributed by atoms with Crippen LogP contribution in [0.2, 0.25) is 0 Å². The van der Waals surface area contributed by atoms with Crippen LogP contribution in [0, 0.1) is 5.41 Å². The molecule has 0 bridgehead atoms. The molecule has 2 N–H and O–H groups in total. The van der Waals surface area contributed by atoms with Gasteiger partial charge in [0.25, 0.3) is 0 Å². The maximum Gasteiger partial charge on any atom is 0.222 e. The van der Waals surface area contributed by atoms with E-state index in [1.165, 1.54) is 6.21 Å². The summed E-state index contributed by atoms with van der Waals surface area (Å²) in [7, 11) is 6.25. The topological polar surface area (TPSA) is 108 Å². The number of carbonyl (C=O) groups is 1. The van der Waals surface area contributed by atoms with Crippen LogP contribution in [0.15, 0.2) is 41.7 Å². The second-order valence-corrected chi connectivity index (χ2v) is 9.43. The van der Waals surface area contributed by atoms with Crippen molar-refractivity contribution in [2.45, 2.75) is 45.7 Å². The van der Waals surface area contributed by atoms with Crippen LogP contribution >= 0.6 is 9.24 Å². The number of likely N-dealkylation sites (N-methyl/N-ethyl adjacent to an activating group) is 1. The minimum atomic E-state index is 0.0366. The van der Waals surface area contributed by atoms with Gasteiger partial charge in [-0.1, -0.05) is 6.92 Å². The number of nitrogens with zero attached hydrogens (tertiary/aromatic N) is 5. The highest BCUT2D eigenvalue weighted by Crippen LogP contribution is 2.25. The zero-order valence-electron chi connectivity index (χ0n) is 21.8. The second-order valence-electron chi connectivity index (χ2n) is 8.86. The molecule has 0 spiro atoms. The minimum Gasteiger partial charge on any atom is -0.497 e. The van der Waals surface area contributed by atoms with Crippen LogP contribution in [0.3, 0.4) is 0 Å². The van der Waals surface area contributed by atoms with Gasteiger partial charge in [-0.05, 0) is 48.8 Å². The summed E-state index contributed by atoms with van der Waals surface area (Å²) in [5.74, 6) is 0.928. The fourth-order valence-electron chi connectivity index (χ4n) is 4.74. The summed E-state index contributed by atoms with van der Waals surface area (Å²) >= 11 is 0. The van der Waals surface area contributed by atoms with Gasteiger partial charge in [-0.2, -0.15) is 0 Å². The molecule has 1 aliphatic heterocycles. The molecule has 2 unspecified atom stereocenters. The third kappa shape index (κ3) is 5.42. The Morgan fingerprint density at radius 1 is 1.35 bits per heavy atom. The fourth-order valence-corrected chi connectivity index (χ4v) is 5.18. The van der Waals surface area contributed by atoms with E-state index in [0.717, 1.165) is 40.7 Å². The molecule has 1 aromatic carbocycles. The molecule has 0 radical (unpaired) electrons. The molecule has 1 fully saturated rings. The lowest BCUT2D eigenvalue weighted by atomic mass is 10.1. The number of pyridine rings is 1. The third-order valence-corrected chi connectivity index (χ3v) is 7.38. The highest BCUT2D eigenvalue weighted by atomic mass is 31.0. The fraction of sp³-hybridized carbons (Fsp3) is 0.370. The van der Waals surface area contributed by atoms with Gasteiger partial charge in [0.2, 0.25) is 5.91 Å². The number of carbonyl (C=O) groups excluding carboxylic acids is 1. The largest absolute Gasteiger partial charge is 0.497 e. The molecule has 4 rings (SSSR count). The lowest BCUT2D eigenvalue weighted by molar-refractivity contribution is -0.128. The molecule has 0 aliphatic carbocycles. The Bertz CT molecular complexity index is 1430. The van der Waals surface area contributed by atoms with Crippen molar-refractivity contribution in [2.24, 2.45) is 4.99 Å². The molecule has 9 nitrogen and oxygen atoms in total. The maximum atomic E-state index is 12.5. The van der Waals surface area contributed by atoms with Crippen molar-refractivity contribution in [1.82, 2.24) is 24.8 Å². The van der Waals surface area contributed by atoms with E-state index in [-0.39, 0.29) is 11.9 Å². The average molecular weight is 520 g/mol. The van der Waals surface area contributed by atoms with Crippen LogP contribution in [0.4, 0.5) is 5.69 Å². The number of hydrogen-bond donors (Lipinski definition) is 2.